The summed E-state index contributed by atoms with van der Waals surface area (Å²) in [7, 11) is 1.05. The molecule has 2 bridgehead atoms. The SMILES string of the molecule is COC(=O)O[C@@]12CO[C@@H]1C[C@H](O)[C@@]1(C)C(=O)C(OC(C)=O)=C3C(C(=O)O)[C@](C)(O)C[C@@](O)([C@@H](OC(=O)c4ccccc4)C12)C3(C)C. The van der Waals surface area contributed by atoms with Crippen molar-refractivity contribution in [2.45, 2.75) is 82.6 Å². The number of hydrogen-bond acceptors (Lipinski definition) is 13. The van der Waals surface area contributed by atoms with Crippen LogP contribution >= 0.6 is 0 Å². The third kappa shape index (κ3) is 4.56. The number of carbonyl (C=O) groups excluding carboxylic acids is 4. The van der Waals surface area contributed by atoms with Crippen molar-refractivity contribution in [1.82, 2.24) is 0 Å². The smallest absolute Gasteiger partial charge is 0.481 e. The Morgan fingerprint density at radius 1 is 1.02 bits per heavy atom. The first-order valence-corrected chi connectivity index (χ1v) is 14.8. The van der Waals surface area contributed by atoms with E-state index in [9.17, 15) is 44.4 Å². The third-order valence-electron chi connectivity index (χ3n) is 10.5. The monoisotopic (exact) mass is 646 g/mol. The molecular weight excluding hydrogens is 608 g/mol. The molecule has 14 heteroatoms. The minimum atomic E-state index is -2.47. The van der Waals surface area contributed by atoms with Gasteiger partial charge in [0.1, 0.15) is 23.7 Å². The van der Waals surface area contributed by atoms with Gasteiger partial charge in [0.2, 0.25) is 5.78 Å². The Labute approximate surface area is 264 Å². The normalized spacial score (nSPS) is 39.3. The van der Waals surface area contributed by atoms with Crippen LogP contribution in [0.5, 0.6) is 0 Å². The van der Waals surface area contributed by atoms with Crippen molar-refractivity contribution >= 4 is 29.8 Å². The zero-order valence-corrected chi connectivity index (χ0v) is 26.3. The number of aliphatic hydroxyl groups excluding tert-OH is 1. The molecule has 3 aliphatic carbocycles. The van der Waals surface area contributed by atoms with Crippen LogP contribution in [0.1, 0.15) is 57.8 Å². The number of methoxy groups -OCH3 is 1. The molecule has 46 heavy (non-hydrogen) atoms. The Morgan fingerprint density at radius 2 is 1.65 bits per heavy atom. The van der Waals surface area contributed by atoms with Gasteiger partial charge < -0.3 is 44.1 Å². The number of aliphatic carboxylic acids is 1. The van der Waals surface area contributed by atoms with Crippen LogP contribution in [-0.4, -0.2) is 99.1 Å². The maximum Gasteiger partial charge on any atom is 0.508 e. The van der Waals surface area contributed by atoms with E-state index in [4.69, 9.17) is 23.7 Å². The summed E-state index contributed by atoms with van der Waals surface area (Å²) >= 11 is 0. The van der Waals surface area contributed by atoms with E-state index >= 15 is 0 Å². The number of hydrogen-bond donors (Lipinski definition) is 4. The summed E-state index contributed by atoms with van der Waals surface area (Å²) in [4.78, 5) is 66.9. The topological polar surface area (TPSA) is 212 Å². The number of ether oxygens (including phenoxy) is 5. The number of rotatable bonds is 5. The van der Waals surface area contributed by atoms with Crippen molar-refractivity contribution in [2.75, 3.05) is 13.7 Å². The van der Waals surface area contributed by atoms with Crippen LogP contribution < -0.4 is 0 Å². The van der Waals surface area contributed by atoms with E-state index in [1.807, 2.05) is 0 Å². The van der Waals surface area contributed by atoms with Crippen molar-refractivity contribution in [1.29, 1.82) is 0 Å². The molecule has 1 heterocycles. The van der Waals surface area contributed by atoms with E-state index in [-0.39, 0.29) is 18.6 Å². The van der Waals surface area contributed by atoms with Gasteiger partial charge in [-0.15, -0.1) is 0 Å². The van der Waals surface area contributed by atoms with Gasteiger partial charge in [-0.3, -0.25) is 14.4 Å². The van der Waals surface area contributed by atoms with Crippen molar-refractivity contribution in [3.8, 4) is 0 Å². The predicted octanol–water partition coefficient (Wildman–Crippen LogP) is 1.53. The van der Waals surface area contributed by atoms with E-state index in [0.29, 0.717) is 0 Å². The molecule has 1 aliphatic heterocycles. The molecule has 4 N–H and O–H groups in total. The van der Waals surface area contributed by atoms with Crippen LogP contribution in [0.4, 0.5) is 4.79 Å². The van der Waals surface area contributed by atoms with E-state index in [0.717, 1.165) is 21.0 Å². The van der Waals surface area contributed by atoms with E-state index in [1.165, 1.54) is 32.9 Å². The average molecular weight is 647 g/mol. The lowest BCUT2D eigenvalue weighted by molar-refractivity contribution is -0.345. The van der Waals surface area contributed by atoms with Gasteiger partial charge in [-0.25, -0.2) is 9.59 Å². The number of allylic oxidation sites excluding steroid dienone is 1. The van der Waals surface area contributed by atoms with Crippen molar-refractivity contribution < 1.29 is 68.1 Å². The van der Waals surface area contributed by atoms with Crippen molar-refractivity contribution in [3.63, 3.8) is 0 Å². The zero-order chi connectivity index (χ0) is 34.2. The largest absolute Gasteiger partial charge is 0.508 e. The molecule has 14 nitrogen and oxygen atoms in total. The highest BCUT2D eigenvalue weighted by Gasteiger charge is 2.79. The molecule has 1 aromatic carbocycles. The molecule has 250 valence electrons. The summed E-state index contributed by atoms with van der Waals surface area (Å²) in [6, 6.07) is 7.68. The van der Waals surface area contributed by atoms with Crippen molar-refractivity contribution in [2.24, 2.45) is 22.7 Å². The van der Waals surface area contributed by atoms with Crippen LogP contribution in [0.15, 0.2) is 41.7 Å². The molecule has 0 aromatic heterocycles. The second kappa shape index (κ2) is 10.9. The predicted molar refractivity (Wildman–Crippen MR) is 153 cm³/mol. The second-order valence-corrected chi connectivity index (χ2v) is 13.5. The summed E-state index contributed by atoms with van der Waals surface area (Å²) in [5.74, 6) is -8.99. The average Bonchev–Trinajstić information content (AvgIpc) is 2.96. The molecule has 5 rings (SSSR count). The number of benzene rings is 1. The summed E-state index contributed by atoms with van der Waals surface area (Å²) in [6.07, 6.45) is -6.84. The molecular formula is C32H38O14. The number of Topliss-reactive ketones (excluding diaryl/α,β-unsaturated/α-hetero) is 1. The van der Waals surface area contributed by atoms with E-state index < -0.39 is 105 Å². The molecule has 0 radical (unpaired) electrons. The zero-order valence-electron chi connectivity index (χ0n) is 26.3. The van der Waals surface area contributed by atoms with Gasteiger partial charge in [0.05, 0.1) is 42.3 Å². The maximum absolute atomic E-state index is 14.9. The lowest BCUT2D eigenvalue weighted by atomic mass is 9.43. The first kappa shape index (κ1) is 33.5. The molecule has 4 aliphatic rings. The summed E-state index contributed by atoms with van der Waals surface area (Å²) in [6.45, 7) is 5.76. The molecule has 2 unspecified atom stereocenters. The Kier molecular flexibility index (Phi) is 7.91. The highest BCUT2D eigenvalue weighted by molar-refractivity contribution is 6.03. The Bertz CT molecular complexity index is 1510. The fraction of sp³-hybridized carbons (Fsp3) is 0.594. The Morgan fingerprint density at radius 3 is 2.17 bits per heavy atom. The fourth-order valence-electron chi connectivity index (χ4n) is 8.15. The van der Waals surface area contributed by atoms with Gasteiger partial charge in [-0.05, 0) is 26.0 Å². The number of carboxylic acids is 1. The highest BCUT2D eigenvalue weighted by atomic mass is 16.8. The van der Waals surface area contributed by atoms with E-state index in [2.05, 4.69) is 0 Å². The fourth-order valence-corrected chi connectivity index (χ4v) is 8.15. The van der Waals surface area contributed by atoms with Crippen LogP contribution in [0, 0.1) is 22.7 Å². The van der Waals surface area contributed by atoms with Gasteiger partial charge in [0, 0.05) is 30.8 Å². The summed E-state index contributed by atoms with van der Waals surface area (Å²) < 4.78 is 27.9. The first-order valence-electron chi connectivity index (χ1n) is 14.8. The van der Waals surface area contributed by atoms with Crippen LogP contribution in [0.25, 0.3) is 0 Å². The van der Waals surface area contributed by atoms with Crippen molar-refractivity contribution in [3.05, 3.63) is 47.2 Å². The summed E-state index contributed by atoms with van der Waals surface area (Å²) in [5, 5.41) is 46.9. The number of fused-ring (bicyclic) bond motifs is 5. The van der Waals surface area contributed by atoms with Gasteiger partial charge in [-0.1, -0.05) is 32.0 Å². The lowest BCUT2D eigenvalue weighted by Gasteiger charge is -2.67. The molecule has 9 atom stereocenters. The number of carboxylic acid groups (broad SMARTS) is 1. The molecule has 2 saturated carbocycles. The lowest BCUT2D eigenvalue weighted by Crippen LogP contribution is -2.81. The van der Waals surface area contributed by atoms with Crippen LogP contribution in [0.2, 0.25) is 0 Å². The highest BCUT2D eigenvalue weighted by Crippen LogP contribution is 2.66. The minimum absolute atomic E-state index is 0.0436. The second-order valence-electron chi connectivity index (χ2n) is 13.5. The number of carbonyl (C=O) groups is 5. The van der Waals surface area contributed by atoms with Gasteiger partial charge >= 0.3 is 24.1 Å². The Balaban J connectivity index is 1.91. The summed E-state index contributed by atoms with van der Waals surface area (Å²) in [5.41, 5.74) is -11.1. The van der Waals surface area contributed by atoms with Crippen LogP contribution in [0.3, 0.4) is 0 Å². The Hall–Kier alpha value is -3.85. The molecule has 1 aromatic rings. The molecule has 0 spiro atoms. The molecule has 0 amide bonds. The first-order chi connectivity index (χ1) is 21.3. The third-order valence-corrected chi connectivity index (χ3v) is 10.5. The van der Waals surface area contributed by atoms with E-state index in [1.54, 1.807) is 18.2 Å². The van der Waals surface area contributed by atoms with Gasteiger partial charge in [-0.2, -0.15) is 0 Å². The van der Waals surface area contributed by atoms with Gasteiger partial charge in [0.25, 0.3) is 0 Å². The molecule has 1 saturated heterocycles. The standard InChI is InChI=1S/C32H38O14/c1-15(33)44-21-19-20(25(36)37)29(4,40)13-32(41,28(19,2)3)24(45-26(38)16-10-8-7-9-11-16)22-30(5,23(21)35)17(34)12-18-31(22,14-43-18)46-27(39)42-6/h7-11,17-18,20,22,24,34,40-41H,12-14H2,1-6H3,(H,36,37)/t17-,18+,20?,22?,24-,29+,30+,31-,32+/m0/s1. The number of aliphatic hydroxyl groups is 3. The van der Waals surface area contributed by atoms with Gasteiger partial charge in [0.15, 0.2) is 11.4 Å². The number of ketones is 1. The molecule has 3 fully saturated rings. The minimum Gasteiger partial charge on any atom is -0.481 e. The quantitative estimate of drug-likeness (QED) is 0.264. The van der Waals surface area contributed by atoms with Crippen LogP contribution in [-0.2, 0) is 38.1 Å². The number of esters is 2. The maximum atomic E-state index is 14.9.